The Bertz CT molecular complexity index is 1200. The van der Waals surface area contributed by atoms with Gasteiger partial charge in [-0.3, -0.25) is 15.1 Å². The molecule has 0 bridgehead atoms. The summed E-state index contributed by atoms with van der Waals surface area (Å²) >= 11 is 12.0. The molecule has 3 N–H and O–H groups in total. The van der Waals surface area contributed by atoms with Crippen LogP contribution < -0.4 is 20.7 Å². The SMILES string of the molecule is [C-]#[N+]c1ccc(NC(=O)Nc2cc(Cl)ccc2OCCCNC(=O)Cc2cccc(Cl)c2)nc1. The van der Waals surface area contributed by atoms with Crippen molar-refractivity contribution in [3.63, 3.8) is 0 Å². The second-order valence-electron chi connectivity index (χ2n) is 7.09. The van der Waals surface area contributed by atoms with E-state index in [1.54, 1.807) is 42.5 Å². The van der Waals surface area contributed by atoms with Gasteiger partial charge in [-0.1, -0.05) is 41.4 Å². The standard InChI is InChI=1S/C24H21Cl2N5O3/c1-27-19-7-9-22(29-15-19)31-24(33)30-20-14-18(26)6-8-21(20)34-11-3-10-28-23(32)13-16-4-2-5-17(25)12-16/h2,4-9,12,14-15H,3,10-11,13H2,(H,28,32)(H2,29,30,31,33). The minimum Gasteiger partial charge on any atom is -0.491 e. The van der Waals surface area contributed by atoms with Crippen LogP contribution >= 0.6 is 23.2 Å². The number of anilines is 2. The molecule has 0 aliphatic rings. The predicted molar refractivity (Wildman–Crippen MR) is 133 cm³/mol. The quantitative estimate of drug-likeness (QED) is 0.260. The Balaban J connectivity index is 1.46. The molecule has 1 aromatic heterocycles. The summed E-state index contributed by atoms with van der Waals surface area (Å²) in [6, 6.07) is 14.6. The maximum Gasteiger partial charge on any atom is 0.324 e. The molecule has 3 amide bonds. The minimum atomic E-state index is -0.538. The number of nitrogens with zero attached hydrogens (tertiary/aromatic N) is 2. The van der Waals surface area contributed by atoms with E-state index >= 15 is 0 Å². The molecule has 0 aliphatic carbocycles. The van der Waals surface area contributed by atoms with E-state index in [1.165, 1.54) is 12.3 Å². The molecule has 0 spiro atoms. The Hall–Kier alpha value is -3.80. The highest BCUT2D eigenvalue weighted by atomic mass is 35.5. The molecule has 3 rings (SSSR count). The highest BCUT2D eigenvalue weighted by Gasteiger charge is 2.10. The number of carbonyl (C=O) groups excluding carboxylic acids is 2. The van der Waals surface area contributed by atoms with E-state index in [2.05, 4.69) is 25.8 Å². The smallest absolute Gasteiger partial charge is 0.324 e. The predicted octanol–water partition coefficient (Wildman–Crippen LogP) is 5.71. The molecule has 3 aromatic rings. The van der Waals surface area contributed by atoms with Crippen molar-refractivity contribution in [2.24, 2.45) is 0 Å². The summed E-state index contributed by atoms with van der Waals surface area (Å²) in [4.78, 5) is 31.7. The number of pyridine rings is 1. The van der Waals surface area contributed by atoms with Gasteiger partial charge in [-0.2, -0.15) is 0 Å². The van der Waals surface area contributed by atoms with Crippen molar-refractivity contribution < 1.29 is 14.3 Å². The summed E-state index contributed by atoms with van der Waals surface area (Å²) in [6.07, 6.45) is 2.18. The van der Waals surface area contributed by atoms with Crippen molar-refractivity contribution in [1.82, 2.24) is 10.3 Å². The van der Waals surface area contributed by atoms with Gasteiger partial charge in [-0.15, -0.1) is 0 Å². The van der Waals surface area contributed by atoms with Crippen LogP contribution in [0.5, 0.6) is 5.75 Å². The molecule has 0 unspecified atom stereocenters. The zero-order valence-corrected chi connectivity index (χ0v) is 19.5. The molecule has 34 heavy (non-hydrogen) atoms. The van der Waals surface area contributed by atoms with Gasteiger partial charge in [0.1, 0.15) is 11.6 Å². The zero-order valence-electron chi connectivity index (χ0n) is 18.0. The molecule has 1 heterocycles. The summed E-state index contributed by atoms with van der Waals surface area (Å²) in [5, 5.41) is 9.12. The van der Waals surface area contributed by atoms with Gasteiger partial charge in [0.2, 0.25) is 11.6 Å². The largest absolute Gasteiger partial charge is 0.491 e. The number of carbonyl (C=O) groups is 2. The van der Waals surface area contributed by atoms with E-state index in [0.29, 0.717) is 52.6 Å². The molecule has 0 saturated carbocycles. The first-order valence-corrected chi connectivity index (χ1v) is 11.0. The molecule has 2 aromatic carbocycles. The van der Waals surface area contributed by atoms with E-state index < -0.39 is 6.03 Å². The van der Waals surface area contributed by atoms with Crippen LogP contribution in [0.3, 0.4) is 0 Å². The number of aromatic nitrogens is 1. The number of ether oxygens (including phenoxy) is 1. The van der Waals surface area contributed by atoms with Gasteiger partial charge in [-0.25, -0.2) is 9.64 Å². The number of amides is 3. The molecule has 0 aliphatic heterocycles. The summed E-state index contributed by atoms with van der Waals surface area (Å²) in [7, 11) is 0. The van der Waals surface area contributed by atoms with Crippen LogP contribution in [-0.4, -0.2) is 30.1 Å². The number of urea groups is 1. The molecule has 8 nitrogen and oxygen atoms in total. The third-order valence-electron chi connectivity index (χ3n) is 4.46. The third kappa shape index (κ3) is 7.96. The summed E-state index contributed by atoms with van der Waals surface area (Å²) < 4.78 is 5.77. The van der Waals surface area contributed by atoms with E-state index in [-0.39, 0.29) is 12.3 Å². The van der Waals surface area contributed by atoms with E-state index in [9.17, 15) is 9.59 Å². The van der Waals surface area contributed by atoms with Crippen LogP contribution in [0.15, 0.2) is 60.8 Å². The highest BCUT2D eigenvalue weighted by molar-refractivity contribution is 6.31. The van der Waals surface area contributed by atoms with Crippen molar-refractivity contribution in [1.29, 1.82) is 0 Å². The average molecular weight is 498 g/mol. The van der Waals surface area contributed by atoms with E-state index in [4.69, 9.17) is 34.5 Å². The Morgan fingerprint density at radius 2 is 1.85 bits per heavy atom. The van der Waals surface area contributed by atoms with Crippen molar-refractivity contribution in [3.8, 4) is 5.75 Å². The fourth-order valence-corrected chi connectivity index (χ4v) is 3.28. The lowest BCUT2D eigenvalue weighted by Gasteiger charge is -2.14. The lowest BCUT2D eigenvalue weighted by Crippen LogP contribution is -2.27. The third-order valence-corrected chi connectivity index (χ3v) is 4.93. The maximum atomic E-state index is 12.3. The molecule has 0 radical (unpaired) electrons. The summed E-state index contributed by atoms with van der Waals surface area (Å²) in [5.41, 5.74) is 1.60. The molecule has 0 atom stereocenters. The van der Waals surface area contributed by atoms with Gasteiger partial charge in [0, 0.05) is 22.8 Å². The number of rotatable bonds is 9. The molecular weight excluding hydrogens is 477 g/mol. The first-order valence-electron chi connectivity index (χ1n) is 10.3. The summed E-state index contributed by atoms with van der Waals surface area (Å²) in [5.74, 6) is 0.620. The first kappa shape index (κ1) is 24.8. The number of hydrogen-bond donors (Lipinski definition) is 3. The average Bonchev–Trinajstić information content (AvgIpc) is 2.80. The van der Waals surface area contributed by atoms with Crippen molar-refractivity contribution in [2.45, 2.75) is 12.8 Å². The molecule has 174 valence electrons. The fraction of sp³-hybridized carbons (Fsp3) is 0.167. The van der Waals surface area contributed by atoms with E-state index in [0.717, 1.165) is 5.56 Å². The Morgan fingerprint density at radius 1 is 1.03 bits per heavy atom. The number of benzene rings is 2. The van der Waals surface area contributed by atoms with Crippen LogP contribution in [0, 0.1) is 6.57 Å². The van der Waals surface area contributed by atoms with Gasteiger partial charge in [0.15, 0.2) is 0 Å². The van der Waals surface area contributed by atoms with Gasteiger partial charge >= 0.3 is 6.03 Å². The Labute approximate surface area is 207 Å². The van der Waals surface area contributed by atoms with Gasteiger partial charge in [0.05, 0.1) is 25.3 Å². The molecule has 0 saturated heterocycles. The second-order valence-corrected chi connectivity index (χ2v) is 7.96. The lowest BCUT2D eigenvalue weighted by atomic mass is 10.1. The summed E-state index contributed by atoms with van der Waals surface area (Å²) in [6.45, 7) is 7.68. The van der Waals surface area contributed by atoms with Crippen LogP contribution in [-0.2, 0) is 11.2 Å². The normalized spacial score (nSPS) is 10.1. The van der Waals surface area contributed by atoms with Crippen LogP contribution in [0.4, 0.5) is 22.0 Å². The molecule has 10 heteroatoms. The van der Waals surface area contributed by atoms with Crippen molar-refractivity contribution in [2.75, 3.05) is 23.8 Å². The number of halogens is 2. The zero-order chi connectivity index (χ0) is 24.3. The molecular formula is C24H21Cl2N5O3. The number of nitrogens with one attached hydrogen (secondary N) is 3. The minimum absolute atomic E-state index is 0.106. The maximum absolute atomic E-state index is 12.3. The topological polar surface area (TPSA) is 96.7 Å². The highest BCUT2D eigenvalue weighted by Crippen LogP contribution is 2.28. The van der Waals surface area contributed by atoms with Crippen molar-refractivity contribution in [3.05, 3.63) is 87.8 Å². The van der Waals surface area contributed by atoms with Crippen LogP contribution in [0.1, 0.15) is 12.0 Å². The number of hydrogen-bond acceptors (Lipinski definition) is 4. The van der Waals surface area contributed by atoms with Gasteiger partial charge < -0.3 is 15.4 Å². The Morgan fingerprint density at radius 3 is 2.59 bits per heavy atom. The monoisotopic (exact) mass is 497 g/mol. The fourth-order valence-electron chi connectivity index (χ4n) is 2.90. The molecule has 0 fully saturated rings. The van der Waals surface area contributed by atoms with Crippen LogP contribution in [0.2, 0.25) is 10.0 Å². The van der Waals surface area contributed by atoms with E-state index in [1.807, 2.05) is 6.07 Å². The van der Waals surface area contributed by atoms with Gasteiger partial charge in [-0.05, 0) is 48.4 Å². The lowest BCUT2D eigenvalue weighted by molar-refractivity contribution is -0.120. The van der Waals surface area contributed by atoms with Crippen molar-refractivity contribution >= 4 is 52.3 Å². The van der Waals surface area contributed by atoms with Crippen LogP contribution in [0.25, 0.3) is 4.85 Å². The first-order chi connectivity index (χ1) is 16.4. The second kappa shape index (κ2) is 12.4. The Kier molecular flexibility index (Phi) is 9.09. The van der Waals surface area contributed by atoms with Gasteiger partial charge in [0.25, 0.3) is 0 Å².